The molecule has 3 aromatic rings. The van der Waals surface area contributed by atoms with Crippen LogP contribution >= 0.6 is 0 Å². The molecule has 9 nitrogen and oxygen atoms in total. The third-order valence-corrected chi connectivity index (χ3v) is 9.93. The lowest BCUT2D eigenvalue weighted by atomic mass is 9.79. The molecule has 1 saturated heterocycles. The van der Waals surface area contributed by atoms with Gasteiger partial charge in [0.25, 0.3) is 5.91 Å². The highest BCUT2D eigenvalue weighted by Gasteiger charge is 2.52. The number of halogens is 3. The van der Waals surface area contributed by atoms with E-state index >= 15 is 8.78 Å². The van der Waals surface area contributed by atoms with E-state index < -0.39 is 58.2 Å². The molecule has 2 aromatic heterocycles. The molecular weight excluding hydrogens is 611 g/mol. The summed E-state index contributed by atoms with van der Waals surface area (Å²) in [6.07, 6.45) is 9.64. The van der Waals surface area contributed by atoms with E-state index in [9.17, 15) is 18.8 Å². The summed E-state index contributed by atoms with van der Waals surface area (Å²) in [7, 11) is 0. The first-order chi connectivity index (χ1) is 22.7. The van der Waals surface area contributed by atoms with Gasteiger partial charge in [0.2, 0.25) is 11.8 Å². The molecule has 3 aliphatic heterocycles. The first-order valence-corrected chi connectivity index (χ1v) is 15.9. The number of allylic oxidation sites excluding steroid dienone is 1. The van der Waals surface area contributed by atoms with Crippen LogP contribution in [0.1, 0.15) is 76.8 Å². The minimum atomic E-state index is -1.30. The van der Waals surface area contributed by atoms with E-state index in [1.165, 1.54) is 11.1 Å². The van der Waals surface area contributed by atoms with E-state index in [0.29, 0.717) is 44.0 Å². The molecule has 2 N–H and O–H groups in total. The van der Waals surface area contributed by atoms with Crippen LogP contribution in [0.3, 0.4) is 0 Å². The van der Waals surface area contributed by atoms with Gasteiger partial charge in [0.1, 0.15) is 17.7 Å². The van der Waals surface area contributed by atoms with Crippen molar-refractivity contribution >= 4 is 29.6 Å². The monoisotopic (exact) mass is 645 g/mol. The average Bonchev–Trinajstić information content (AvgIpc) is 3.57. The molecule has 0 radical (unpaired) electrons. The molecule has 7 bridgehead atoms. The fourth-order valence-electron chi connectivity index (χ4n) is 7.43. The molecule has 1 aliphatic carbocycles. The highest BCUT2D eigenvalue weighted by atomic mass is 19.2. The number of hydrogen-bond donors (Lipinski definition) is 2. The third kappa shape index (κ3) is 5.48. The number of hydrogen-bond acceptors (Lipinski definition) is 6. The van der Waals surface area contributed by atoms with Crippen LogP contribution in [0.5, 0.6) is 0 Å². The molecule has 4 aliphatic rings. The topological polar surface area (TPSA) is 114 Å². The van der Waals surface area contributed by atoms with Gasteiger partial charge in [-0.1, -0.05) is 12.2 Å². The maximum absolute atomic E-state index is 15.1. The molecule has 1 fully saturated rings. The number of nitrogens with one attached hydrogen (secondary N) is 2. The lowest BCUT2D eigenvalue weighted by molar-refractivity contribution is -0.139. The number of carbonyl (C=O) groups is 3. The zero-order chi connectivity index (χ0) is 32.9. The highest BCUT2D eigenvalue weighted by Crippen LogP contribution is 2.46. The fraction of sp³-hybridized carbons (Fsp3) is 0.400. The van der Waals surface area contributed by atoms with Crippen LogP contribution in [0.4, 0.5) is 19.0 Å². The van der Waals surface area contributed by atoms with E-state index in [-0.39, 0.29) is 24.4 Å². The van der Waals surface area contributed by atoms with Gasteiger partial charge in [-0.2, -0.15) is 0 Å². The van der Waals surface area contributed by atoms with Gasteiger partial charge in [0, 0.05) is 67.4 Å². The molecule has 47 heavy (non-hydrogen) atoms. The van der Waals surface area contributed by atoms with Gasteiger partial charge < -0.3 is 20.3 Å². The van der Waals surface area contributed by atoms with Crippen LogP contribution in [-0.2, 0) is 32.6 Å². The lowest BCUT2D eigenvalue weighted by Crippen LogP contribution is -2.58. The zero-order valence-corrected chi connectivity index (χ0v) is 25.8. The molecule has 5 heterocycles. The number of ether oxygens (including phenoxy) is 1. The molecular formula is C35H34F3N5O4. The molecule has 4 unspecified atom stereocenters. The molecule has 3 amide bonds. The van der Waals surface area contributed by atoms with Crippen molar-refractivity contribution in [3.05, 3.63) is 93.7 Å². The summed E-state index contributed by atoms with van der Waals surface area (Å²) in [6, 6.07) is 3.45. The van der Waals surface area contributed by atoms with Gasteiger partial charge in [-0.05, 0) is 74.4 Å². The Hall–Kier alpha value is -4.58. The van der Waals surface area contributed by atoms with E-state index in [2.05, 4.69) is 20.6 Å². The Balaban J connectivity index is 1.22. The number of piperidine rings is 1. The predicted molar refractivity (Wildman–Crippen MR) is 166 cm³/mol. The van der Waals surface area contributed by atoms with Crippen LogP contribution in [0, 0.1) is 17.5 Å². The summed E-state index contributed by atoms with van der Waals surface area (Å²) in [5, 5.41) is 5.67. The number of benzene rings is 1. The van der Waals surface area contributed by atoms with Gasteiger partial charge in [-0.3, -0.25) is 19.4 Å². The Morgan fingerprint density at radius 1 is 1.00 bits per heavy atom. The Bertz CT molecular complexity index is 1820. The second kappa shape index (κ2) is 12.2. The SMILES string of the molecule is CC1C(c2c(F)ccc(F)c2F)CC2NC(=O)c3cnc4c(c3)CC3(C4)C(=O)Nc4ncc(cc43)C=CCCCOCCCN1C2=O. The van der Waals surface area contributed by atoms with E-state index in [1.54, 1.807) is 19.2 Å². The van der Waals surface area contributed by atoms with Crippen LogP contribution in [0.25, 0.3) is 6.08 Å². The fourth-order valence-corrected chi connectivity index (χ4v) is 7.43. The van der Waals surface area contributed by atoms with Crippen LogP contribution in [-0.4, -0.2) is 64.4 Å². The minimum absolute atomic E-state index is 0.128. The van der Waals surface area contributed by atoms with Crippen molar-refractivity contribution in [1.82, 2.24) is 20.2 Å². The van der Waals surface area contributed by atoms with Crippen molar-refractivity contribution in [2.24, 2.45) is 0 Å². The second-order valence-electron chi connectivity index (χ2n) is 12.8. The minimum Gasteiger partial charge on any atom is -0.381 e. The van der Waals surface area contributed by atoms with Crippen molar-refractivity contribution in [3.8, 4) is 0 Å². The smallest absolute Gasteiger partial charge is 0.253 e. The Morgan fingerprint density at radius 3 is 2.66 bits per heavy atom. The van der Waals surface area contributed by atoms with Gasteiger partial charge in [-0.15, -0.1) is 0 Å². The zero-order valence-electron chi connectivity index (χ0n) is 25.8. The number of carbonyl (C=O) groups excluding carboxylic acids is 3. The van der Waals surface area contributed by atoms with Crippen LogP contribution in [0.15, 0.2) is 42.7 Å². The van der Waals surface area contributed by atoms with Gasteiger partial charge >= 0.3 is 0 Å². The first kappa shape index (κ1) is 31.0. The number of fused-ring (bicyclic) bond motifs is 4. The van der Waals surface area contributed by atoms with Crippen molar-refractivity contribution in [2.45, 2.75) is 68.9 Å². The molecule has 4 atom stereocenters. The maximum atomic E-state index is 15.1. The largest absolute Gasteiger partial charge is 0.381 e. The van der Waals surface area contributed by atoms with Crippen LogP contribution < -0.4 is 10.6 Å². The third-order valence-electron chi connectivity index (χ3n) is 9.93. The summed E-state index contributed by atoms with van der Waals surface area (Å²) in [4.78, 5) is 51.3. The van der Waals surface area contributed by atoms with E-state index in [1.807, 2.05) is 18.2 Å². The second-order valence-corrected chi connectivity index (χ2v) is 12.8. The molecule has 1 spiro atoms. The Kier molecular flexibility index (Phi) is 8.07. The number of amides is 3. The van der Waals surface area contributed by atoms with Crippen molar-refractivity contribution in [2.75, 3.05) is 25.1 Å². The molecule has 0 saturated carbocycles. The van der Waals surface area contributed by atoms with Crippen molar-refractivity contribution in [1.29, 1.82) is 0 Å². The van der Waals surface area contributed by atoms with Gasteiger partial charge in [-0.25, -0.2) is 18.2 Å². The van der Waals surface area contributed by atoms with Crippen molar-refractivity contribution in [3.63, 3.8) is 0 Å². The highest BCUT2D eigenvalue weighted by molar-refractivity contribution is 6.06. The normalized spacial score (nSPS) is 26.1. The lowest BCUT2D eigenvalue weighted by Gasteiger charge is -2.43. The Labute approximate surface area is 269 Å². The van der Waals surface area contributed by atoms with E-state index in [4.69, 9.17) is 4.74 Å². The van der Waals surface area contributed by atoms with Gasteiger partial charge in [0.05, 0.1) is 11.0 Å². The number of pyridine rings is 2. The molecule has 244 valence electrons. The quantitative estimate of drug-likeness (QED) is 0.374. The Morgan fingerprint density at radius 2 is 1.81 bits per heavy atom. The number of aromatic nitrogens is 2. The maximum Gasteiger partial charge on any atom is 0.253 e. The number of anilines is 1. The summed E-state index contributed by atoms with van der Waals surface area (Å²) < 4.78 is 50.2. The summed E-state index contributed by atoms with van der Waals surface area (Å²) >= 11 is 0. The standard InChI is InChI=1S/C35H34F3N5O4/c1-19-23(29-25(36)7-8-26(37)30(29)38)14-27-33(45)43(19)9-5-11-47-10-4-2-3-6-20-12-24-31(40-17-20)42-34(46)35(24)15-21-13-22(32(44)41-27)18-39-28(21)16-35/h3,6-8,12-13,17-19,23,27H,2,4-5,9-11,14-16H2,1H3,(H,41,44)(H,40,42,46). The average molecular weight is 646 g/mol. The van der Waals surface area contributed by atoms with Crippen LogP contribution in [0.2, 0.25) is 0 Å². The summed E-state index contributed by atoms with van der Waals surface area (Å²) in [6.45, 7) is 2.74. The first-order valence-electron chi connectivity index (χ1n) is 15.9. The molecule has 7 rings (SSSR count). The molecule has 12 heteroatoms. The number of nitrogens with zero attached hydrogens (tertiary/aromatic N) is 3. The number of rotatable bonds is 1. The summed E-state index contributed by atoms with van der Waals surface area (Å²) in [5.74, 6) is -4.99. The van der Waals surface area contributed by atoms with Crippen molar-refractivity contribution < 1.29 is 32.3 Å². The van der Waals surface area contributed by atoms with Gasteiger partial charge in [0.15, 0.2) is 11.6 Å². The molecule has 1 aromatic carbocycles. The predicted octanol–water partition coefficient (Wildman–Crippen LogP) is 4.60. The summed E-state index contributed by atoms with van der Waals surface area (Å²) in [5.41, 5.74) is 1.90. The van der Waals surface area contributed by atoms with E-state index in [0.717, 1.165) is 41.7 Å².